The molecule has 0 fully saturated rings. The number of thiophene rings is 1. The van der Waals surface area contributed by atoms with Gasteiger partial charge in [0, 0.05) is 13.1 Å². The summed E-state index contributed by atoms with van der Waals surface area (Å²) < 4.78 is 2.01. The lowest BCUT2D eigenvalue weighted by atomic mass is 10.2. The Bertz CT molecular complexity index is 665. The van der Waals surface area contributed by atoms with Crippen molar-refractivity contribution in [3.63, 3.8) is 0 Å². The number of aromatic nitrogens is 2. The molecule has 2 rings (SSSR count). The van der Waals surface area contributed by atoms with Gasteiger partial charge in [-0.1, -0.05) is 0 Å². The van der Waals surface area contributed by atoms with Crippen LogP contribution in [0.5, 0.6) is 0 Å². The van der Waals surface area contributed by atoms with E-state index in [1.54, 1.807) is 17.5 Å². The molecule has 7 heteroatoms. The molecule has 2 aromatic heterocycles. The summed E-state index contributed by atoms with van der Waals surface area (Å²) in [5.74, 6) is 0. The van der Waals surface area contributed by atoms with E-state index in [4.69, 9.17) is 0 Å². The summed E-state index contributed by atoms with van der Waals surface area (Å²) in [6, 6.07) is 0. The van der Waals surface area contributed by atoms with Gasteiger partial charge in [0.15, 0.2) is 0 Å². The highest BCUT2D eigenvalue weighted by atomic mass is 79.9. The van der Waals surface area contributed by atoms with Crippen molar-refractivity contribution < 1.29 is 0 Å². The first kappa shape index (κ1) is 16.2. The van der Waals surface area contributed by atoms with Crippen LogP contribution in [-0.4, -0.2) is 35.3 Å². The average Bonchev–Trinajstić information content (AvgIpc) is 2.85. The highest BCUT2D eigenvalue weighted by molar-refractivity contribution is 9.10. The van der Waals surface area contributed by atoms with Crippen LogP contribution in [0.25, 0.3) is 0 Å². The Labute approximate surface area is 136 Å². The van der Waals surface area contributed by atoms with Gasteiger partial charge in [0.1, 0.15) is 4.47 Å². The number of anilines is 1. The van der Waals surface area contributed by atoms with Crippen molar-refractivity contribution in [1.82, 2.24) is 14.7 Å². The van der Waals surface area contributed by atoms with E-state index in [0.717, 1.165) is 12.2 Å². The zero-order chi connectivity index (χ0) is 15.4. The maximum absolute atomic E-state index is 12.2. The minimum Gasteiger partial charge on any atom is -0.379 e. The van der Waals surface area contributed by atoms with E-state index in [1.165, 1.54) is 15.8 Å². The Hall–Kier alpha value is -1.18. The molecule has 0 amide bonds. The van der Waals surface area contributed by atoms with Crippen molar-refractivity contribution in [2.24, 2.45) is 0 Å². The Morgan fingerprint density at radius 3 is 2.81 bits per heavy atom. The number of hydrogen-bond donors (Lipinski definition) is 1. The van der Waals surface area contributed by atoms with Gasteiger partial charge in [0.25, 0.3) is 5.56 Å². The van der Waals surface area contributed by atoms with Gasteiger partial charge in [-0.3, -0.25) is 4.79 Å². The van der Waals surface area contributed by atoms with Crippen molar-refractivity contribution in [3.05, 3.63) is 42.9 Å². The summed E-state index contributed by atoms with van der Waals surface area (Å²) in [6.45, 7) is 4.13. The minimum atomic E-state index is -0.108. The largest absolute Gasteiger partial charge is 0.379 e. The smallest absolute Gasteiger partial charge is 0.283 e. The normalized spacial score (nSPS) is 11.1. The minimum absolute atomic E-state index is 0.108. The van der Waals surface area contributed by atoms with Crippen LogP contribution in [0.1, 0.15) is 11.1 Å². The van der Waals surface area contributed by atoms with Crippen molar-refractivity contribution in [2.75, 3.05) is 26.0 Å². The van der Waals surface area contributed by atoms with Crippen LogP contribution < -0.4 is 10.9 Å². The Morgan fingerprint density at radius 1 is 1.43 bits per heavy atom. The third-order valence-electron chi connectivity index (χ3n) is 3.17. The van der Waals surface area contributed by atoms with Gasteiger partial charge < -0.3 is 10.2 Å². The van der Waals surface area contributed by atoms with Crippen LogP contribution >= 0.6 is 27.3 Å². The molecule has 0 aliphatic heterocycles. The molecular weight excluding hydrogens is 352 g/mol. The van der Waals surface area contributed by atoms with E-state index in [2.05, 4.69) is 44.0 Å². The van der Waals surface area contributed by atoms with E-state index in [0.29, 0.717) is 17.6 Å². The molecule has 0 saturated carbocycles. The predicted octanol–water partition coefficient (Wildman–Crippen LogP) is 2.55. The van der Waals surface area contributed by atoms with Crippen LogP contribution in [0.4, 0.5) is 5.69 Å². The quantitative estimate of drug-likeness (QED) is 0.848. The summed E-state index contributed by atoms with van der Waals surface area (Å²) in [6.07, 6.45) is 1.70. The van der Waals surface area contributed by atoms with Gasteiger partial charge in [-0.05, 0) is 58.8 Å². The second-order valence-electron chi connectivity index (χ2n) is 5.14. The number of aryl methyl sites for hydroxylation is 1. The molecular formula is C14H19BrN4OS. The molecule has 1 N–H and O–H groups in total. The number of halogens is 1. The third kappa shape index (κ3) is 4.15. The lowest BCUT2D eigenvalue weighted by Crippen LogP contribution is -2.29. The first-order valence-corrected chi connectivity index (χ1v) is 8.38. The molecule has 2 aromatic rings. The van der Waals surface area contributed by atoms with Crippen molar-refractivity contribution >= 4 is 33.0 Å². The van der Waals surface area contributed by atoms with Gasteiger partial charge in [-0.25, -0.2) is 4.68 Å². The van der Waals surface area contributed by atoms with Crippen LogP contribution in [-0.2, 0) is 13.1 Å². The summed E-state index contributed by atoms with van der Waals surface area (Å²) in [4.78, 5) is 14.2. The first-order valence-electron chi connectivity index (χ1n) is 6.65. The van der Waals surface area contributed by atoms with E-state index in [9.17, 15) is 4.79 Å². The summed E-state index contributed by atoms with van der Waals surface area (Å²) in [5.41, 5.74) is 3.12. The van der Waals surface area contributed by atoms with Crippen molar-refractivity contribution in [1.29, 1.82) is 0 Å². The Kier molecular flexibility index (Phi) is 5.55. The fraction of sp³-hybridized carbons (Fsp3) is 0.429. The summed E-state index contributed by atoms with van der Waals surface area (Å²) in [7, 11) is 3.94. The topological polar surface area (TPSA) is 50.2 Å². The lowest BCUT2D eigenvalue weighted by molar-refractivity contribution is 0.367. The van der Waals surface area contributed by atoms with E-state index >= 15 is 0 Å². The fourth-order valence-corrected chi connectivity index (χ4v) is 3.10. The molecule has 114 valence electrons. The molecule has 0 aliphatic rings. The van der Waals surface area contributed by atoms with Gasteiger partial charge in [0.2, 0.25) is 0 Å². The standard InChI is InChI=1S/C14H19BrN4OS/c1-10-8-21-9-11(10)6-16-12-7-17-19(5-4-18(2)3)14(20)13(12)15/h7-9,16H,4-6H2,1-3H3. The van der Waals surface area contributed by atoms with E-state index < -0.39 is 0 Å². The number of rotatable bonds is 6. The molecule has 0 aliphatic carbocycles. The van der Waals surface area contributed by atoms with Crippen molar-refractivity contribution in [3.8, 4) is 0 Å². The van der Waals surface area contributed by atoms with Gasteiger partial charge in [-0.2, -0.15) is 16.4 Å². The summed E-state index contributed by atoms with van der Waals surface area (Å²) >= 11 is 5.06. The molecule has 0 bridgehead atoms. The van der Waals surface area contributed by atoms with Crippen LogP contribution in [0, 0.1) is 6.92 Å². The van der Waals surface area contributed by atoms with E-state index in [-0.39, 0.29) is 5.56 Å². The molecule has 0 aromatic carbocycles. The maximum Gasteiger partial charge on any atom is 0.283 e. The third-order valence-corrected chi connectivity index (χ3v) is 4.85. The summed E-state index contributed by atoms with van der Waals surface area (Å²) in [5, 5.41) is 11.7. The molecule has 0 spiro atoms. The van der Waals surface area contributed by atoms with Gasteiger partial charge in [0.05, 0.1) is 18.4 Å². The molecule has 5 nitrogen and oxygen atoms in total. The zero-order valence-electron chi connectivity index (χ0n) is 12.4. The van der Waals surface area contributed by atoms with Crippen LogP contribution in [0.3, 0.4) is 0 Å². The zero-order valence-corrected chi connectivity index (χ0v) is 14.8. The monoisotopic (exact) mass is 370 g/mol. The Morgan fingerprint density at radius 2 is 2.19 bits per heavy atom. The van der Waals surface area contributed by atoms with E-state index in [1.807, 2.05) is 19.0 Å². The first-order chi connectivity index (χ1) is 9.99. The average molecular weight is 371 g/mol. The second kappa shape index (κ2) is 7.20. The lowest BCUT2D eigenvalue weighted by Gasteiger charge is -2.12. The number of nitrogens with one attached hydrogen (secondary N) is 1. The second-order valence-corrected chi connectivity index (χ2v) is 6.67. The number of likely N-dealkylation sites (N-methyl/N-ethyl adjacent to an activating group) is 1. The molecule has 0 saturated heterocycles. The molecule has 0 radical (unpaired) electrons. The number of nitrogens with zero attached hydrogens (tertiary/aromatic N) is 3. The van der Waals surface area contributed by atoms with Gasteiger partial charge >= 0.3 is 0 Å². The van der Waals surface area contributed by atoms with Crippen LogP contribution in [0.15, 0.2) is 26.2 Å². The highest BCUT2D eigenvalue weighted by Crippen LogP contribution is 2.19. The highest BCUT2D eigenvalue weighted by Gasteiger charge is 2.09. The van der Waals surface area contributed by atoms with Crippen LogP contribution in [0.2, 0.25) is 0 Å². The number of hydrogen-bond acceptors (Lipinski definition) is 5. The predicted molar refractivity (Wildman–Crippen MR) is 91.1 cm³/mol. The fourth-order valence-electron chi connectivity index (χ4n) is 1.80. The SMILES string of the molecule is Cc1cscc1CNc1cnn(CCN(C)C)c(=O)c1Br. The Balaban J connectivity index is 2.09. The molecule has 0 unspecified atom stereocenters. The molecule has 21 heavy (non-hydrogen) atoms. The molecule has 2 heterocycles. The molecule has 0 atom stereocenters. The van der Waals surface area contributed by atoms with Gasteiger partial charge in [-0.15, -0.1) is 0 Å². The maximum atomic E-state index is 12.2. The van der Waals surface area contributed by atoms with Crippen molar-refractivity contribution in [2.45, 2.75) is 20.0 Å².